The molecule has 1 unspecified atom stereocenters. The van der Waals surface area contributed by atoms with E-state index in [0.717, 1.165) is 39.3 Å². The second-order valence-corrected chi connectivity index (χ2v) is 4.41. The first-order valence-electron chi connectivity index (χ1n) is 6.68. The molecule has 0 heterocycles. The third kappa shape index (κ3) is 6.74. The van der Waals surface area contributed by atoms with Crippen LogP contribution in [-0.4, -0.2) is 40.0 Å². The summed E-state index contributed by atoms with van der Waals surface area (Å²) in [6.07, 6.45) is 1.06. The monoisotopic (exact) mass is 251 g/mol. The molecular formula is C15H25NO2. The quantitative estimate of drug-likeness (QED) is 0.646. The van der Waals surface area contributed by atoms with Gasteiger partial charge in [0.25, 0.3) is 0 Å². The average molecular weight is 251 g/mol. The van der Waals surface area contributed by atoms with Crippen molar-refractivity contribution in [1.82, 2.24) is 5.32 Å². The molecule has 0 amide bonds. The zero-order valence-corrected chi connectivity index (χ0v) is 11.5. The third-order valence-electron chi connectivity index (χ3n) is 2.84. The van der Waals surface area contributed by atoms with Crippen LogP contribution in [0.1, 0.15) is 12.5 Å². The maximum Gasteiger partial charge on any atom is 0.0587 e. The van der Waals surface area contributed by atoms with E-state index in [0.29, 0.717) is 5.92 Å². The molecule has 102 valence electrons. The number of rotatable bonds is 10. The van der Waals surface area contributed by atoms with Gasteiger partial charge in [0.2, 0.25) is 0 Å². The summed E-state index contributed by atoms with van der Waals surface area (Å²) in [6, 6.07) is 10.6. The van der Waals surface area contributed by atoms with Crippen molar-refractivity contribution in [3.8, 4) is 0 Å². The summed E-state index contributed by atoms with van der Waals surface area (Å²) < 4.78 is 10.6. The number of methoxy groups -OCH3 is 1. The molecule has 0 spiro atoms. The number of hydrogen-bond acceptors (Lipinski definition) is 3. The summed E-state index contributed by atoms with van der Waals surface area (Å²) in [7, 11) is 1.73. The van der Waals surface area contributed by atoms with Crippen LogP contribution in [0.4, 0.5) is 0 Å². The summed E-state index contributed by atoms with van der Waals surface area (Å²) in [4.78, 5) is 0. The predicted octanol–water partition coefficient (Wildman–Crippen LogP) is 2.12. The molecule has 0 aliphatic heterocycles. The van der Waals surface area contributed by atoms with E-state index in [1.54, 1.807) is 7.11 Å². The zero-order valence-electron chi connectivity index (χ0n) is 11.5. The molecule has 0 fully saturated rings. The van der Waals surface area contributed by atoms with E-state index in [1.807, 2.05) is 6.92 Å². The van der Waals surface area contributed by atoms with Crippen LogP contribution in [0.15, 0.2) is 30.3 Å². The van der Waals surface area contributed by atoms with Gasteiger partial charge in [0, 0.05) is 26.8 Å². The van der Waals surface area contributed by atoms with E-state index in [9.17, 15) is 0 Å². The molecule has 0 aliphatic carbocycles. The number of benzene rings is 1. The first-order valence-corrected chi connectivity index (χ1v) is 6.68. The van der Waals surface area contributed by atoms with Crippen LogP contribution in [-0.2, 0) is 15.9 Å². The number of ether oxygens (including phenoxy) is 2. The molecule has 1 rings (SSSR count). The van der Waals surface area contributed by atoms with Crippen molar-refractivity contribution in [3.63, 3.8) is 0 Å². The number of nitrogens with one attached hydrogen (secondary N) is 1. The Hall–Kier alpha value is -0.900. The topological polar surface area (TPSA) is 30.5 Å². The molecule has 18 heavy (non-hydrogen) atoms. The Balaban J connectivity index is 2.35. The minimum absolute atomic E-state index is 0.518. The lowest BCUT2D eigenvalue weighted by Gasteiger charge is -2.17. The molecule has 0 saturated carbocycles. The van der Waals surface area contributed by atoms with Crippen molar-refractivity contribution in [3.05, 3.63) is 35.9 Å². The lowest BCUT2D eigenvalue weighted by molar-refractivity contribution is 0.108. The second-order valence-electron chi connectivity index (χ2n) is 4.41. The van der Waals surface area contributed by atoms with Gasteiger partial charge in [-0.05, 0) is 24.8 Å². The van der Waals surface area contributed by atoms with Gasteiger partial charge in [-0.3, -0.25) is 0 Å². The molecule has 0 aromatic heterocycles. The van der Waals surface area contributed by atoms with Crippen LogP contribution in [0.5, 0.6) is 0 Å². The van der Waals surface area contributed by atoms with Gasteiger partial charge < -0.3 is 14.8 Å². The first kappa shape index (κ1) is 15.2. The maximum atomic E-state index is 5.55. The lowest BCUT2D eigenvalue weighted by atomic mass is 10.00. The molecule has 3 heteroatoms. The van der Waals surface area contributed by atoms with Crippen LogP contribution in [0.2, 0.25) is 0 Å². The zero-order chi connectivity index (χ0) is 13.1. The highest BCUT2D eigenvalue weighted by atomic mass is 16.5. The van der Waals surface area contributed by atoms with Crippen LogP contribution in [0.3, 0.4) is 0 Å². The Morgan fingerprint density at radius 3 is 2.67 bits per heavy atom. The molecule has 3 nitrogen and oxygen atoms in total. The number of hydrogen-bond donors (Lipinski definition) is 1. The molecule has 1 atom stereocenters. The van der Waals surface area contributed by atoms with E-state index >= 15 is 0 Å². The van der Waals surface area contributed by atoms with Gasteiger partial charge in [-0.15, -0.1) is 0 Å². The van der Waals surface area contributed by atoms with Crippen molar-refractivity contribution in [2.45, 2.75) is 13.3 Å². The van der Waals surface area contributed by atoms with Crippen molar-refractivity contribution in [2.24, 2.45) is 5.92 Å². The normalized spacial score (nSPS) is 12.6. The van der Waals surface area contributed by atoms with Crippen LogP contribution in [0, 0.1) is 5.92 Å². The Morgan fingerprint density at radius 2 is 2.00 bits per heavy atom. The van der Waals surface area contributed by atoms with Gasteiger partial charge in [0.05, 0.1) is 13.2 Å². The standard InChI is InChI=1S/C15H25NO2/c1-3-18-13-15(12-16-9-10-17-2)11-14-7-5-4-6-8-14/h4-8,15-16H,3,9-13H2,1-2H3. The summed E-state index contributed by atoms with van der Waals surface area (Å²) in [5.74, 6) is 0.518. The van der Waals surface area contributed by atoms with E-state index in [4.69, 9.17) is 9.47 Å². The van der Waals surface area contributed by atoms with E-state index < -0.39 is 0 Å². The van der Waals surface area contributed by atoms with Crippen LogP contribution < -0.4 is 5.32 Å². The molecule has 0 aliphatic rings. The highest BCUT2D eigenvalue weighted by Gasteiger charge is 2.09. The lowest BCUT2D eigenvalue weighted by Crippen LogP contribution is -2.30. The summed E-state index contributed by atoms with van der Waals surface area (Å²) >= 11 is 0. The Bertz CT molecular complexity index is 290. The highest BCUT2D eigenvalue weighted by Crippen LogP contribution is 2.08. The van der Waals surface area contributed by atoms with Crippen LogP contribution >= 0.6 is 0 Å². The van der Waals surface area contributed by atoms with Crippen molar-refractivity contribution >= 4 is 0 Å². The predicted molar refractivity (Wildman–Crippen MR) is 74.9 cm³/mol. The van der Waals surface area contributed by atoms with Crippen molar-refractivity contribution < 1.29 is 9.47 Å². The van der Waals surface area contributed by atoms with Gasteiger partial charge in [0.1, 0.15) is 0 Å². The molecule has 1 aromatic rings. The fraction of sp³-hybridized carbons (Fsp3) is 0.600. The van der Waals surface area contributed by atoms with Crippen molar-refractivity contribution in [1.29, 1.82) is 0 Å². The molecular weight excluding hydrogens is 226 g/mol. The van der Waals surface area contributed by atoms with Gasteiger partial charge in [0.15, 0.2) is 0 Å². The smallest absolute Gasteiger partial charge is 0.0587 e. The Kier molecular flexibility index (Phi) is 8.47. The fourth-order valence-corrected chi connectivity index (χ4v) is 1.90. The third-order valence-corrected chi connectivity index (χ3v) is 2.84. The minimum Gasteiger partial charge on any atom is -0.383 e. The fourth-order valence-electron chi connectivity index (χ4n) is 1.90. The van der Waals surface area contributed by atoms with Gasteiger partial charge in [-0.25, -0.2) is 0 Å². The molecule has 0 bridgehead atoms. The maximum absolute atomic E-state index is 5.55. The Morgan fingerprint density at radius 1 is 1.22 bits per heavy atom. The summed E-state index contributed by atoms with van der Waals surface area (Å²) in [5.41, 5.74) is 1.37. The Labute approximate surface area is 110 Å². The van der Waals surface area contributed by atoms with Gasteiger partial charge in [-0.2, -0.15) is 0 Å². The van der Waals surface area contributed by atoms with Gasteiger partial charge in [-0.1, -0.05) is 30.3 Å². The molecule has 0 saturated heterocycles. The van der Waals surface area contributed by atoms with Gasteiger partial charge >= 0.3 is 0 Å². The SMILES string of the molecule is CCOCC(CNCCOC)Cc1ccccc1. The summed E-state index contributed by atoms with van der Waals surface area (Å²) in [6.45, 7) is 6.26. The minimum atomic E-state index is 0.518. The molecule has 1 aromatic carbocycles. The first-order chi connectivity index (χ1) is 8.86. The largest absolute Gasteiger partial charge is 0.383 e. The second kappa shape index (κ2) is 10.1. The highest BCUT2D eigenvalue weighted by molar-refractivity contribution is 5.15. The van der Waals surface area contributed by atoms with E-state index in [2.05, 4.69) is 35.6 Å². The molecule has 1 N–H and O–H groups in total. The van der Waals surface area contributed by atoms with Crippen molar-refractivity contribution in [2.75, 3.05) is 40.0 Å². The van der Waals surface area contributed by atoms with E-state index in [1.165, 1.54) is 5.56 Å². The molecule has 0 radical (unpaired) electrons. The summed E-state index contributed by atoms with van der Waals surface area (Å²) in [5, 5.41) is 3.41. The van der Waals surface area contributed by atoms with Crippen LogP contribution in [0.25, 0.3) is 0 Å². The van der Waals surface area contributed by atoms with E-state index in [-0.39, 0.29) is 0 Å². The average Bonchev–Trinajstić information content (AvgIpc) is 2.41.